The second-order valence-corrected chi connectivity index (χ2v) is 12.6. The quantitative estimate of drug-likeness (QED) is 0.156. The number of halogens is 5. The van der Waals surface area contributed by atoms with Crippen LogP contribution in [0, 0.1) is 0 Å². The number of hydrogen-bond donors (Lipinski definition) is 2. The van der Waals surface area contributed by atoms with Crippen LogP contribution in [0.5, 0.6) is 17.2 Å². The van der Waals surface area contributed by atoms with Crippen molar-refractivity contribution < 1.29 is 45.5 Å². The molecule has 2 unspecified atom stereocenters. The van der Waals surface area contributed by atoms with Crippen molar-refractivity contribution in [1.82, 2.24) is 4.98 Å². The largest absolute Gasteiger partial charge is 0.508 e. The SMILES string of the molecule is CC1(c2ccc(O)cc2)COc2cc(O)ccc2[C@H]1CCc1ncc(CCCCS(=O)CCCC(F)(F)C(F)(F)F)o1. The lowest BCUT2D eigenvalue weighted by Crippen LogP contribution is -2.40. The minimum atomic E-state index is -5.59. The van der Waals surface area contributed by atoms with Gasteiger partial charge in [-0.05, 0) is 55.0 Å². The summed E-state index contributed by atoms with van der Waals surface area (Å²) in [7, 11) is -1.47. The Morgan fingerprint density at radius 1 is 0.976 bits per heavy atom. The second kappa shape index (κ2) is 13.0. The summed E-state index contributed by atoms with van der Waals surface area (Å²) >= 11 is 0. The molecule has 1 aromatic heterocycles. The Morgan fingerprint density at radius 2 is 1.67 bits per heavy atom. The number of phenolic OH excluding ortho intramolecular Hbond substituents is 2. The standard InChI is InChI=1S/C30H34F5NO5S/c1-28(20-6-8-21(37)9-7-20)19-40-26-17-22(38)10-11-24(26)25(28)12-13-27-36-18-23(41-27)5-2-3-15-42(39)16-4-14-29(31,32)30(33,34)35/h6-11,17-18,25,37-38H,2-5,12-16,19H2,1H3/t25-,28?,42?/m1/s1. The van der Waals surface area contributed by atoms with Gasteiger partial charge in [0.05, 0.1) is 12.8 Å². The number of oxazole rings is 1. The van der Waals surface area contributed by atoms with E-state index in [1.807, 2.05) is 18.2 Å². The van der Waals surface area contributed by atoms with Gasteiger partial charge in [-0.1, -0.05) is 25.1 Å². The molecule has 0 saturated heterocycles. The Labute approximate surface area is 243 Å². The van der Waals surface area contributed by atoms with Crippen molar-refractivity contribution in [2.75, 3.05) is 18.1 Å². The van der Waals surface area contributed by atoms with Crippen molar-refractivity contribution in [2.24, 2.45) is 0 Å². The molecule has 42 heavy (non-hydrogen) atoms. The van der Waals surface area contributed by atoms with E-state index in [1.54, 1.807) is 30.5 Å². The Balaban J connectivity index is 1.30. The zero-order valence-electron chi connectivity index (χ0n) is 23.1. The molecule has 12 heteroatoms. The highest BCUT2D eigenvalue weighted by atomic mass is 32.2. The van der Waals surface area contributed by atoms with Gasteiger partial charge in [-0.2, -0.15) is 22.0 Å². The number of unbranched alkanes of at least 4 members (excludes halogenated alkanes) is 1. The van der Waals surface area contributed by atoms with E-state index >= 15 is 0 Å². The predicted octanol–water partition coefficient (Wildman–Crippen LogP) is 7.20. The Morgan fingerprint density at radius 3 is 2.38 bits per heavy atom. The molecule has 4 rings (SSSR count). The summed E-state index contributed by atoms with van der Waals surface area (Å²) in [5.41, 5.74) is 1.53. The van der Waals surface area contributed by atoms with Gasteiger partial charge < -0.3 is 19.4 Å². The minimum absolute atomic E-state index is 0.00666. The molecule has 2 aromatic carbocycles. The molecule has 0 fully saturated rings. The number of hydrogen-bond acceptors (Lipinski definition) is 6. The number of rotatable bonds is 13. The van der Waals surface area contributed by atoms with E-state index in [0.717, 1.165) is 11.1 Å². The van der Waals surface area contributed by atoms with Gasteiger partial charge in [0.2, 0.25) is 0 Å². The molecule has 1 aliphatic heterocycles. The number of benzene rings is 2. The number of fused-ring (bicyclic) bond motifs is 1. The molecule has 0 spiro atoms. The first kappa shape index (κ1) is 31.8. The molecule has 0 aliphatic carbocycles. The van der Waals surface area contributed by atoms with Crippen LogP contribution in [0.25, 0.3) is 0 Å². The topological polar surface area (TPSA) is 92.8 Å². The van der Waals surface area contributed by atoms with Crippen molar-refractivity contribution in [1.29, 1.82) is 0 Å². The maximum Gasteiger partial charge on any atom is 0.453 e. The number of alkyl halides is 5. The maximum atomic E-state index is 13.0. The molecule has 0 radical (unpaired) electrons. The van der Waals surface area contributed by atoms with Crippen molar-refractivity contribution >= 4 is 10.8 Å². The summed E-state index contributed by atoms with van der Waals surface area (Å²) in [4.78, 5) is 4.41. The number of aryl methyl sites for hydroxylation is 2. The highest BCUT2D eigenvalue weighted by molar-refractivity contribution is 7.84. The van der Waals surface area contributed by atoms with Crippen molar-refractivity contribution in [3.63, 3.8) is 0 Å². The molecule has 230 valence electrons. The molecular formula is C30H34F5NO5S. The predicted molar refractivity (Wildman–Crippen MR) is 148 cm³/mol. The van der Waals surface area contributed by atoms with Crippen molar-refractivity contribution in [3.8, 4) is 17.2 Å². The average Bonchev–Trinajstić information content (AvgIpc) is 3.38. The van der Waals surface area contributed by atoms with Gasteiger partial charge in [0, 0.05) is 59.0 Å². The number of nitrogens with zero attached hydrogens (tertiary/aromatic N) is 1. The Kier molecular flexibility index (Phi) is 9.84. The minimum Gasteiger partial charge on any atom is -0.508 e. The summed E-state index contributed by atoms with van der Waals surface area (Å²) < 4.78 is 86.7. The number of ether oxygens (including phenoxy) is 1. The molecule has 6 nitrogen and oxygen atoms in total. The van der Waals surface area contributed by atoms with E-state index in [0.29, 0.717) is 56.1 Å². The third kappa shape index (κ3) is 7.62. The van der Waals surface area contributed by atoms with Crippen LogP contribution in [0.1, 0.15) is 67.7 Å². The van der Waals surface area contributed by atoms with Crippen LogP contribution in [-0.4, -0.2) is 49.6 Å². The Bertz CT molecular complexity index is 1360. The lowest BCUT2D eigenvalue weighted by atomic mass is 9.66. The van der Waals surface area contributed by atoms with E-state index in [4.69, 9.17) is 9.15 Å². The lowest BCUT2D eigenvalue weighted by Gasteiger charge is -2.43. The smallest absolute Gasteiger partial charge is 0.453 e. The van der Waals surface area contributed by atoms with Gasteiger partial charge in [0.25, 0.3) is 0 Å². The summed E-state index contributed by atoms with van der Waals surface area (Å²) in [5, 5.41) is 19.7. The van der Waals surface area contributed by atoms with Crippen LogP contribution in [0.2, 0.25) is 0 Å². The summed E-state index contributed by atoms with van der Waals surface area (Å²) in [6.07, 6.45) is -2.92. The summed E-state index contributed by atoms with van der Waals surface area (Å²) in [6.45, 7) is 2.48. The number of aromatic nitrogens is 1. The van der Waals surface area contributed by atoms with Crippen LogP contribution in [0.3, 0.4) is 0 Å². The maximum absolute atomic E-state index is 13.0. The van der Waals surface area contributed by atoms with Gasteiger partial charge in [-0.15, -0.1) is 0 Å². The van der Waals surface area contributed by atoms with Crippen LogP contribution >= 0.6 is 0 Å². The molecule has 0 amide bonds. The molecule has 1 aliphatic rings. The molecule has 3 atom stereocenters. The fourth-order valence-electron chi connectivity index (χ4n) is 5.32. The fourth-order valence-corrected chi connectivity index (χ4v) is 6.51. The summed E-state index contributed by atoms with van der Waals surface area (Å²) in [5.74, 6) is -2.64. The van der Waals surface area contributed by atoms with Crippen molar-refractivity contribution in [2.45, 2.75) is 75.3 Å². The zero-order chi connectivity index (χ0) is 30.5. The first-order chi connectivity index (χ1) is 19.8. The van der Waals surface area contributed by atoms with Crippen LogP contribution in [-0.2, 0) is 29.1 Å². The second-order valence-electron chi connectivity index (χ2n) is 10.9. The van der Waals surface area contributed by atoms with Crippen LogP contribution in [0.4, 0.5) is 22.0 Å². The van der Waals surface area contributed by atoms with E-state index in [2.05, 4.69) is 11.9 Å². The monoisotopic (exact) mass is 615 g/mol. The summed E-state index contributed by atoms with van der Waals surface area (Å²) in [6, 6.07) is 12.1. The van der Waals surface area contributed by atoms with E-state index in [-0.39, 0.29) is 28.9 Å². The highest BCUT2D eigenvalue weighted by Crippen LogP contribution is 2.49. The number of phenols is 2. The van der Waals surface area contributed by atoms with E-state index in [9.17, 15) is 36.4 Å². The van der Waals surface area contributed by atoms with Crippen LogP contribution < -0.4 is 4.74 Å². The average molecular weight is 616 g/mol. The fraction of sp³-hybridized carbons (Fsp3) is 0.500. The van der Waals surface area contributed by atoms with Gasteiger partial charge in [-0.3, -0.25) is 4.21 Å². The van der Waals surface area contributed by atoms with Gasteiger partial charge in [-0.25, -0.2) is 4.98 Å². The molecule has 3 aromatic rings. The van der Waals surface area contributed by atoms with E-state index < -0.39 is 41.2 Å². The molecule has 2 N–H and O–H groups in total. The van der Waals surface area contributed by atoms with E-state index in [1.165, 1.54) is 0 Å². The lowest BCUT2D eigenvalue weighted by molar-refractivity contribution is -0.284. The molecule has 2 heterocycles. The third-order valence-corrected chi connectivity index (χ3v) is 9.25. The van der Waals surface area contributed by atoms with Crippen LogP contribution in [0.15, 0.2) is 53.1 Å². The normalized spacial score (nSPS) is 19.7. The van der Waals surface area contributed by atoms with Crippen molar-refractivity contribution in [3.05, 3.63) is 71.4 Å². The molecule has 0 bridgehead atoms. The van der Waals surface area contributed by atoms with Gasteiger partial charge in [0.1, 0.15) is 23.0 Å². The Hall–Kier alpha value is -3.15. The third-order valence-electron chi connectivity index (χ3n) is 7.77. The zero-order valence-corrected chi connectivity index (χ0v) is 23.9. The first-order valence-corrected chi connectivity index (χ1v) is 15.3. The van der Waals surface area contributed by atoms with Gasteiger partial charge >= 0.3 is 12.1 Å². The number of aromatic hydroxyl groups is 2. The first-order valence-electron chi connectivity index (χ1n) is 13.8. The van der Waals surface area contributed by atoms with Gasteiger partial charge in [0.15, 0.2) is 5.89 Å². The molecular weight excluding hydrogens is 581 g/mol. The molecule has 0 saturated carbocycles. The highest BCUT2D eigenvalue weighted by Gasteiger charge is 2.56.